The van der Waals surface area contributed by atoms with Crippen molar-refractivity contribution in [2.45, 2.75) is 0 Å². The Morgan fingerprint density at radius 1 is 1.29 bits per heavy atom. The summed E-state index contributed by atoms with van der Waals surface area (Å²) in [6.07, 6.45) is 0. The number of anilines is 1. The van der Waals surface area contributed by atoms with Gasteiger partial charge in [-0.15, -0.1) is 0 Å². The molecule has 2 aromatic carbocycles. The highest BCUT2D eigenvalue weighted by molar-refractivity contribution is 6.34. The molecule has 3 rings (SSSR count). The molecule has 106 valence electrons. The van der Waals surface area contributed by atoms with Crippen LogP contribution >= 0.6 is 11.6 Å². The van der Waals surface area contributed by atoms with Gasteiger partial charge in [-0.3, -0.25) is 4.79 Å². The molecular formula is C14H8ClFN2O3. The molecule has 0 amide bonds. The molecule has 0 unspecified atom stereocenters. The van der Waals surface area contributed by atoms with Crippen molar-refractivity contribution in [3.8, 4) is 0 Å². The van der Waals surface area contributed by atoms with Gasteiger partial charge in [-0.1, -0.05) is 17.7 Å². The van der Waals surface area contributed by atoms with E-state index < -0.39 is 17.5 Å². The predicted molar refractivity (Wildman–Crippen MR) is 76.0 cm³/mol. The normalized spacial score (nSPS) is 11.0. The van der Waals surface area contributed by atoms with Gasteiger partial charge in [0.25, 0.3) is 5.91 Å². The van der Waals surface area contributed by atoms with Crippen LogP contribution in [0.2, 0.25) is 5.02 Å². The van der Waals surface area contributed by atoms with Crippen LogP contribution < -0.4 is 11.5 Å². The molecule has 1 aromatic heterocycles. The number of fused-ring (bicyclic) bond motifs is 1. The van der Waals surface area contributed by atoms with Crippen molar-refractivity contribution in [3.05, 3.63) is 63.4 Å². The number of hydrogen-bond donors (Lipinski definition) is 1. The summed E-state index contributed by atoms with van der Waals surface area (Å²) >= 11 is 5.84. The molecule has 0 saturated heterocycles. The second kappa shape index (κ2) is 4.75. The first-order valence-electron chi connectivity index (χ1n) is 5.89. The topological polar surface area (TPSA) is 78.2 Å². The number of carbonyl (C=O) groups is 1. The Kier molecular flexibility index (Phi) is 3.03. The van der Waals surface area contributed by atoms with Crippen molar-refractivity contribution in [1.29, 1.82) is 0 Å². The summed E-state index contributed by atoms with van der Waals surface area (Å²) in [6.45, 7) is 0. The molecule has 1 heterocycles. The van der Waals surface area contributed by atoms with Crippen LogP contribution in [0.5, 0.6) is 0 Å². The molecule has 0 aliphatic carbocycles. The molecule has 3 aromatic rings. The summed E-state index contributed by atoms with van der Waals surface area (Å²) < 4.78 is 19.5. The highest BCUT2D eigenvalue weighted by Gasteiger charge is 2.22. The van der Waals surface area contributed by atoms with E-state index in [1.807, 2.05) is 0 Å². The Morgan fingerprint density at radius 3 is 2.76 bits per heavy atom. The minimum absolute atomic E-state index is 0.0864. The number of nitrogen functional groups attached to an aromatic ring is 1. The minimum Gasteiger partial charge on any atom is -0.407 e. The highest BCUT2D eigenvalue weighted by Crippen LogP contribution is 2.22. The number of nitrogens with two attached hydrogens (primary N) is 1. The number of aromatic nitrogens is 1. The lowest BCUT2D eigenvalue weighted by molar-refractivity contribution is 0.0952. The standard InChI is InChI=1S/C14H8ClFN2O3/c15-8-2-1-3-9(16)12(8)13(19)18-10-5-4-7(17)6-11(10)21-14(18)20/h1-6H,17H2. The quantitative estimate of drug-likeness (QED) is 0.701. The van der Waals surface area contributed by atoms with E-state index in [0.717, 1.165) is 10.6 Å². The predicted octanol–water partition coefficient (Wildman–Crippen LogP) is 2.66. The average molecular weight is 307 g/mol. The average Bonchev–Trinajstić information content (AvgIpc) is 2.73. The number of nitrogens with zero attached hydrogens (tertiary/aromatic N) is 1. The van der Waals surface area contributed by atoms with Crippen molar-refractivity contribution in [1.82, 2.24) is 4.57 Å². The van der Waals surface area contributed by atoms with E-state index in [2.05, 4.69) is 0 Å². The lowest BCUT2D eigenvalue weighted by Crippen LogP contribution is -2.24. The third-order valence-electron chi connectivity index (χ3n) is 2.98. The summed E-state index contributed by atoms with van der Waals surface area (Å²) in [5.74, 6) is -2.64. The van der Waals surface area contributed by atoms with E-state index >= 15 is 0 Å². The maximum Gasteiger partial charge on any atom is 0.427 e. The van der Waals surface area contributed by atoms with Crippen molar-refractivity contribution >= 4 is 34.3 Å². The SMILES string of the molecule is Nc1ccc2c(c1)oc(=O)n2C(=O)c1c(F)cccc1Cl. The number of carbonyl (C=O) groups excluding carboxylic acids is 1. The van der Waals surface area contributed by atoms with Crippen LogP contribution in [0.15, 0.2) is 45.6 Å². The fourth-order valence-electron chi connectivity index (χ4n) is 2.04. The van der Waals surface area contributed by atoms with Gasteiger partial charge < -0.3 is 10.2 Å². The zero-order chi connectivity index (χ0) is 15.1. The molecule has 0 aliphatic heterocycles. The second-order valence-electron chi connectivity index (χ2n) is 4.33. The molecule has 0 atom stereocenters. The zero-order valence-electron chi connectivity index (χ0n) is 10.5. The summed E-state index contributed by atoms with van der Waals surface area (Å²) in [4.78, 5) is 24.3. The van der Waals surface area contributed by atoms with E-state index in [1.54, 1.807) is 0 Å². The van der Waals surface area contributed by atoms with Gasteiger partial charge in [0.2, 0.25) is 0 Å². The number of hydrogen-bond acceptors (Lipinski definition) is 4. The molecule has 21 heavy (non-hydrogen) atoms. The van der Waals surface area contributed by atoms with Crippen LogP contribution in [0.3, 0.4) is 0 Å². The number of halogens is 2. The first kappa shape index (κ1) is 13.4. The van der Waals surface area contributed by atoms with E-state index in [4.69, 9.17) is 21.8 Å². The zero-order valence-corrected chi connectivity index (χ0v) is 11.2. The van der Waals surface area contributed by atoms with E-state index in [9.17, 15) is 14.0 Å². The minimum atomic E-state index is -0.931. The van der Waals surface area contributed by atoms with Crippen LogP contribution in [0.1, 0.15) is 10.4 Å². The van der Waals surface area contributed by atoms with E-state index in [-0.39, 0.29) is 21.7 Å². The largest absolute Gasteiger partial charge is 0.427 e. The maximum atomic E-state index is 13.8. The van der Waals surface area contributed by atoms with Crippen LogP contribution in [0.4, 0.5) is 10.1 Å². The molecule has 0 radical (unpaired) electrons. The van der Waals surface area contributed by atoms with Crippen molar-refractivity contribution in [2.75, 3.05) is 5.73 Å². The summed E-state index contributed by atoms with van der Waals surface area (Å²) in [6, 6.07) is 8.18. The number of rotatable bonds is 1. The second-order valence-corrected chi connectivity index (χ2v) is 4.74. The lowest BCUT2D eigenvalue weighted by atomic mass is 10.2. The van der Waals surface area contributed by atoms with Crippen LogP contribution in [-0.2, 0) is 0 Å². The van der Waals surface area contributed by atoms with Crippen molar-refractivity contribution in [2.24, 2.45) is 0 Å². The Hall–Kier alpha value is -2.60. The van der Waals surface area contributed by atoms with Crippen LogP contribution in [-0.4, -0.2) is 10.5 Å². The van der Waals surface area contributed by atoms with Gasteiger partial charge in [-0.25, -0.2) is 13.8 Å². The molecule has 0 aliphatic rings. The Labute approximate surface area is 122 Å². The summed E-state index contributed by atoms with van der Waals surface area (Å²) in [5, 5.41) is -0.0864. The van der Waals surface area contributed by atoms with Gasteiger partial charge in [0.05, 0.1) is 16.1 Å². The van der Waals surface area contributed by atoms with Gasteiger partial charge in [-0.2, -0.15) is 0 Å². The molecule has 0 fully saturated rings. The third kappa shape index (κ3) is 2.09. The molecular weight excluding hydrogens is 299 g/mol. The Balaban J connectivity index is 2.28. The fourth-order valence-corrected chi connectivity index (χ4v) is 2.29. The molecule has 7 heteroatoms. The molecule has 2 N–H and O–H groups in total. The van der Waals surface area contributed by atoms with Gasteiger partial charge in [0.15, 0.2) is 5.58 Å². The highest BCUT2D eigenvalue weighted by atomic mass is 35.5. The van der Waals surface area contributed by atoms with E-state index in [0.29, 0.717) is 5.69 Å². The fraction of sp³-hybridized carbons (Fsp3) is 0. The number of benzene rings is 2. The number of oxazole rings is 1. The first-order valence-corrected chi connectivity index (χ1v) is 6.26. The van der Waals surface area contributed by atoms with Crippen molar-refractivity contribution in [3.63, 3.8) is 0 Å². The Morgan fingerprint density at radius 2 is 2.05 bits per heavy atom. The van der Waals surface area contributed by atoms with Gasteiger partial charge in [0.1, 0.15) is 5.82 Å². The smallest absolute Gasteiger partial charge is 0.407 e. The Bertz CT molecular complexity index is 909. The van der Waals surface area contributed by atoms with Gasteiger partial charge >= 0.3 is 5.76 Å². The van der Waals surface area contributed by atoms with Crippen LogP contribution in [0.25, 0.3) is 11.1 Å². The monoisotopic (exact) mass is 306 g/mol. The van der Waals surface area contributed by atoms with Gasteiger partial charge in [0, 0.05) is 11.8 Å². The molecule has 5 nitrogen and oxygen atoms in total. The van der Waals surface area contributed by atoms with E-state index in [1.165, 1.54) is 30.3 Å². The lowest BCUT2D eigenvalue weighted by Gasteiger charge is -2.05. The van der Waals surface area contributed by atoms with Crippen molar-refractivity contribution < 1.29 is 13.6 Å². The summed E-state index contributed by atoms with van der Waals surface area (Å²) in [5.41, 5.74) is 5.90. The molecule has 0 saturated carbocycles. The van der Waals surface area contributed by atoms with Crippen LogP contribution in [0, 0.1) is 5.82 Å². The van der Waals surface area contributed by atoms with Gasteiger partial charge in [-0.05, 0) is 24.3 Å². The summed E-state index contributed by atoms with van der Waals surface area (Å²) in [7, 11) is 0. The maximum absolute atomic E-state index is 13.8. The first-order chi connectivity index (χ1) is 9.99. The third-order valence-corrected chi connectivity index (χ3v) is 3.30. The molecule has 0 bridgehead atoms. The molecule has 0 spiro atoms.